The standard InChI is InChI=1S/C36H30ClN3O7S2/c1-2-46-35(44)17-8-11-19(12-9-17)38-25(41)16-47-24-13-10-18(37)14-21(24)26-27-22-15-23(30(27)48-32-31(26)49-36(45)39-32)29-28(22)33(42)40(34(29)43)20-6-4-3-5-7-20/h3-14,22-23,26-30H,2,15-16H2,1H3,(H,38,41)(H,39,45)/t22-,23-,26+,27-,28+,29+,30-/m1/s1. The minimum atomic E-state index is -0.455. The van der Waals surface area contributed by atoms with Gasteiger partial charge in [0.2, 0.25) is 11.8 Å². The van der Waals surface area contributed by atoms with Crippen LogP contribution in [-0.2, 0) is 19.1 Å². The van der Waals surface area contributed by atoms with Crippen LogP contribution in [0.4, 0.5) is 11.4 Å². The fourth-order valence-corrected chi connectivity index (χ4v) is 11.4. The number of esters is 1. The third-order valence-electron chi connectivity index (χ3n) is 10.1. The molecule has 13 heteroatoms. The highest BCUT2D eigenvalue weighted by molar-refractivity contribution is 8.00. The van der Waals surface area contributed by atoms with E-state index in [0.29, 0.717) is 27.7 Å². The quantitative estimate of drug-likeness (QED) is 0.169. The Kier molecular flexibility index (Phi) is 8.12. The first-order valence-electron chi connectivity index (χ1n) is 16.0. The molecule has 0 spiro atoms. The second kappa shape index (κ2) is 12.5. The van der Waals surface area contributed by atoms with Crippen LogP contribution in [0.1, 0.15) is 40.1 Å². The van der Waals surface area contributed by atoms with Gasteiger partial charge in [-0.05, 0) is 85.7 Å². The number of carbonyl (C=O) groups excluding carboxylic acids is 4. The van der Waals surface area contributed by atoms with Crippen LogP contribution in [0, 0.1) is 29.6 Å². The van der Waals surface area contributed by atoms with E-state index in [4.69, 9.17) is 21.1 Å². The molecule has 4 aliphatic rings. The van der Waals surface area contributed by atoms with Gasteiger partial charge in [0.1, 0.15) is 5.75 Å². The van der Waals surface area contributed by atoms with Gasteiger partial charge >= 0.3 is 10.8 Å². The molecule has 1 aromatic heterocycles. The number of H-pyrrole nitrogens is 1. The number of hydrogen-bond donors (Lipinski definition) is 2. The van der Waals surface area contributed by atoms with Gasteiger partial charge in [0.05, 0.1) is 34.7 Å². The lowest BCUT2D eigenvalue weighted by atomic mass is 9.68. The van der Waals surface area contributed by atoms with Gasteiger partial charge in [-0.3, -0.25) is 24.1 Å². The molecule has 2 N–H and O–H groups in total. The van der Waals surface area contributed by atoms with Gasteiger partial charge in [-0.2, -0.15) is 0 Å². The molecule has 0 radical (unpaired) electrons. The number of hydrogen-bond acceptors (Lipinski definition) is 9. The van der Waals surface area contributed by atoms with Gasteiger partial charge in [-0.1, -0.05) is 41.1 Å². The number of aromatic amines is 1. The fourth-order valence-electron chi connectivity index (χ4n) is 8.33. The lowest BCUT2D eigenvalue weighted by Gasteiger charge is -2.43. The second-order valence-electron chi connectivity index (χ2n) is 12.6. The van der Waals surface area contributed by atoms with E-state index in [1.54, 1.807) is 67.2 Å². The van der Waals surface area contributed by atoms with Gasteiger partial charge in [0, 0.05) is 32.3 Å². The smallest absolute Gasteiger partial charge is 0.338 e. The molecule has 250 valence electrons. The van der Waals surface area contributed by atoms with E-state index in [0.717, 1.165) is 33.2 Å². The summed E-state index contributed by atoms with van der Waals surface area (Å²) in [5.41, 5.74) is 2.18. The van der Waals surface area contributed by atoms with Gasteiger partial charge < -0.3 is 19.8 Å². The molecule has 3 aromatic carbocycles. The first-order chi connectivity index (χ1) is 23.7. The number of anilines is 2. The maximum Gasteiger partial charge on any atom is 0.338 e. The van der Waals surface area contributed by atoms with E-state index in [2.05, 4.69) is 10.3 Å². The van der Waals surface area contributed by atoms with Crippen molar-refractivity contribution in [2.45, 2.75) is 29.5 Å². The highest BCUT2D eigenvalue weighted by atomic mass is 35.5. The zero-order valence-corrected chi connectivity index (χ0v) is 28.5. The number of halogens is 1. The molecule has 2 bridgehead atoms. The van der Waals surface area contributed by atoms with Crippen molar-refractivity contribution in [3.8, 4) is 5.75 Å². The number of fused-ring (bicyclic) bond motifs is 9. The predicted octanol–water partition coefficient (Wildman–Crippen LogP) is 5.96. The third kappa shape index (κ3) is 5.37. The summed E-state index contributed by atoms with van der Waals surface area (Å²) in [6.45, 7) is 1.68. The number of benzene rings is 3. The van der Waals surface area contributed by atoms with Crippen molar-refractivity contribution < 1.29 is 28.7 Å². The molecule has 4 aromatic rings. The number of nitrogens with zero attached hydrogens (tertiary/aromatic N) is 1. The highest BCUT2D eigenvalue weighted by Gasteiger charge is 2.69. The third-order valence-corrected chi connectivity index (χ3v) is 12.9. The summed E-state index contributed by atoms with van der Waals surface area (Å²) in [5.74, 6) is -2.15. The Morgan fingerprint density at radius 3 is 2.45 bits per heavy atom. The Balaban J connectivity index is 1.08. The molecule has 2 aliphatic carbocycles. The van der Waals surface area contributed by atoms with Crippen LogP contribution in [0.5, 0.6) is 5.75 Å². The molecule has 3 fully saturated rings. The number of ether oxygens (including phenoxy) is 2. The number of para-hydroxylation sites is 1. The average Bonchev–Trinajstić information content (AvgIpc) is 3.83. The van der Waals surface area contributed by atoms with Gasteiger partial charge in [-0.25, -0.2) is 4.79 Å². The van der Waals surface area contributed by atoms with Crippen LogP contribution in [-0.4, -0.2) is 47.1 Å². The molecular formula is C36H30ClN3O7S2. The average molecular weight is 716 g/mol. The number of amides is 3. The number of thioether (sulfide) groups is 1. The zero-order valence-electron chi connectivity index (χ0n) is 26.1. The summed E-state index contributed by atoms with van der Waals surface area (Å²) in [6, 6.07) is 20.7. The van der Waals surface area contributed by atoms with Crippen molar-refractivity contribution in [1.82, 2.24) is 4.98 Å². The Bertz CT molecular complexity index is 2050. The Hall–Kier alpha value is -4.39. The summed E-state index contributed by atoms with van der Waals surface area (Å²) < 4.78 is 11.2. The largest absolute Gasteiger partial charge is 0.483 e. The van der Waals surface area contributed by atoms with Crippen LogP contribution < -0.4 is 19.8 Å². The van der Waals surface area contributed by atoms with E-state index < -0.39 is 23.7 Å². The minimum absolute atomic E-state index is 0.0193. The molecule has 2 aliphatic heterocycles. The van der Waals surface area contributed by atoms with E-state index in [1.807, 2.05) is 24.3 Å². The maximum atomic E-state index is 14.0. The summed E-state index contributed by atoms with van der Waals surface area (Å²) in [4.78, 5) is 70.7. The van der Waals surface area contributed by atoms with Crippen LogP contribution in [0.2, 0.25) is 5.02 Å². The van der Waals surface area contributed by atoms with Crippen LogP contribution >= 0.6 is 34.7 Å². The molecule has 3 amide bonds. The number of aromatic nitrogens is 1. The topological polar surface area (TPSA) is 135 Å². The predicted molar refractivity (Wildman–Crippen MR) is 185 cm³/mol. The van der Waals surface area contributed by atoms with Crippen LogP contribution in [0.15, 0.2) is 82.6 Å². The summed E-state index contributed by atoms with van der Waals surface area (Å²) >= 11 is 9.32. The lowest BCUT2D eigenvalue weighted by Crippen LogP contribution is -2.42. The molecule has 3 heterocycles. The van der Waals surface area contributed by atoms with Gasteiger partial charge in [-0.15, -0.1) is 11.8 Å². The molecule has 8 rings (SSSR count). The lowest BCUT2D eigenvalue weighted by molar-refractivity contribution is -0.123. The van der Waals surface area contributed by atoms with Crippen molar-refractivity contribution in [2.75, 3.05) is 23.4 Å². The van der Waals surface area contributed by atoms with Crippen molar-refractivity contribution >= 4 is 69.8 Å². The number of carbonyl (C=O) groups is 4. The van der Waals surface area contributed by atoms with Crippen molar-refractivity contribution in [3.63, 3.8) is 0 Å². The van der Waals surface area contributed by atoms with Crippen LogP contribution in [0.25, 0.3) is 0 Å². The minimum Gasteiger partial charge on any atom is -0.483 e. The van der Waals surface area contributed by atoms with Gasteiger partial charge in [0.25, 0.3) is 5.91 Å². The summed E-state index contributed by atoms with van der Waals surface area (Å²) in [7, 11) is 0. The first kappa shape index (κ1) is 31.9. The number of nitrogens with one attached hydrogen (secondary N) is 2. The summed E-state index contributed by atoms with van der Waals surface area (Å²) in [6.07, 6.45) is 0.738. The van der Waals surface area contributed by atoms with E-state index in [1.165, 1.54) is 4.90 Å². The Labute approximate surface area is 294 Å². The Morgan fingerprint density at radius 2 is 1.71 bits per heavy atom. The highest BCUT2D eigenvalue weighted by Crippen LogP contribution is 2.69. The van der Waals surface area contributed by atoms with Crippen molar-refractivity contribution in [1.29, 1.82) is 0 Å². The molecule has 7 atom stereocenters. The summed E-state index contributed by atoms with van der Waals surface area (Å²) in [5, 5.41) is 4.00. The first-order valence-corrected chi connectivity index (χ1v) is 18.1. The number of thiazole rings is 1. The van der Waals surface area contributed by atoms with Crippen molar-refractivity contribution in [2.24, 2.45) is 29.6 Å². The molecule has 0 unspecified atom stereocenters. The molecule has 10 nitrogen and oxygen atoms in total. The molecule has 2 saturated carbocycles. The van der Waals surface area contributed by atoms with Gasteiger partial charge in [0.15, 0.2) is 6.61 Å². The molecule has 49 heavy (non-hydrogen) atoms. The SMILES string of the molecule is CCOC(=O)c1ccc(NC(=O)COc2ccc(Cl)cc2[C@@H]2c3sc(=O)[nH]c3S[C@@H]3[C@@H]4C[C@@H]([C@@H]5C(=O)N(c6ccccc6)C(=O)[C@@H]45)[C@H]23)cc1. The fraction of sp³-hybridized carbons (Fsp3) is 0.306. The number of imide groups is 1. The second-order valence-corrected chi connectivity index (χ2v) is 15.3. The van der Waals surface area contributed by atoms with E-state index in [9.17, 15) is 24.0 Å². The van der Waals surface area contributed by atoms with E-state index >= 15 is 0 Å². The molecule has 1 saturated heterocycles. The zero-order chi connectivity index (χ0) is 34.0. The molecular weight excluding hydrogens is 686 g/mol. The Morgan fingerprint density at radius 1 is 0.980 bits per heavy atom. The van der Waals surface area contributed by atoms with Crippen LogP contribution in [0.3, 0.4) is 0 Å². The van der Waals surface area contributed by atoms with E-state index in [-0.39, 0.29) is 58.8 Å². The number of rotatable bonds is 8. The maximum absolute atomic E-state index is 14.0. The monoisotopic (exact) mass is 715 g/mol. The normalized spacial score (nSPS) is 26.2. The van der Waals surface area contributed by atoms with Crippen molar-refractivity contribution in [3.05, 3.63) is 103 Å².